The molecule has 17 heavy (non-hydrogen) atoms. The van der Waals surface area contributed by atoms with E-state index in [0.717, 1.165) is 11.3 Å². The second kappa shape index (κ2) is 4.75. The van der Waals surface area contributed by atoms with Crippen LogP contribution in [0.1, 0.15) is 15.4 Å². The normalized spacial score (nSPS) is 10.8. The Hall–Kier alpha value is -2.21. The number of thiophene rings is 1. The molecule has 0 aromatic carbocycles. The number of hydrogen-bond acceptors (Lipinski definition) is 5. The number of allylic oxidation sites excluding steroid dienone is 1. The molecule has 2 heterocycles. The molecular weight excluding hydrogens is 242 g/mol. The summed E-state index contributed by atoms with van der Waals surface area (Å²) in [6.07, 6.45) is 4.27. The number of furan rings is 1. The third-order valence-electron chi connectivity index (χ3n) is 1.96. The van der Waals surface area contributed by atoms with Gasteiger partial charge in [-0.3, -0.25) is 14.9 Å². The van der Waals surface area contributed by atoms with Gasteiger partial charge in [0, 0.05) is 10.9 Å². The van der Waals surface area contributed by atoms with E-state index in [4.69, 9.17) is 4.42 Å². The molecule has 0 N–H and O–H groups in total. The zero-order valence-electron chi connectivity index (χ0n) is 8.53. The molecule has 0 amide bonds. The van der Waals surface area contributed by atoms with Crippen LogP contribution in [0.15, 0.2) is 41.0 Å². The van der Waals surface area contributed by atoms with Crippen LogP contribution in [-0.4, -0.2) is 10.7 Å². The smallest absolute Gasteiger partial charge is 0.324 e. The molecule has 0 fully saturated rings. The van der Waals surface area contributed by atoms with Crippen LogP contribution >= 0.6 is 11.3 Å². The van der Waals surface area contributed by atoms with Crippen molar-refractivity contribution in [3.8, 4) is 0 Å². The lowest BCUT2D eigenvalue weighted by Crippen LogP contribution is -1.89. The first-order valence-corrected chi connectivity index (χ1v) is 5.48. The lowest BCUT2D eigenvalue weighted by molar-refractivity contribution is -0.380. The summed E-state index contributed by atoms with van der Waals surface area (Å²) >= 11 is 1.01. The number of hydrogen-bond donors (Lipinski definition) is 0. The van der Waals surface area contributed by atoms with Gasteiger partial charge in [-0.25, -0.2) is 0 Å². The molecule has 0 saturated heterocycles. The first kappa shape index (κ1) is 11.3. The molecule has 0 unspecified atom stereocenters. The zero-order valence-corrected chi connectivity index (χ0v) is 9.35. The number of nitrogens with zero attached hydrogens (tertiary/aromatic N) is 1. The van der Waals surface area contributed by atoms with Crippen LogP contribution in [0.2, 0.25) is 0 Å². The van der Waals surface area contributed by atoms with Crippen LogP contribution in [0.5, 0.6) is 0 Å². The summed E-state index contributed by atoms with van der Waals surface area (Å²) in [5.74, 6) is -0.0293. The van der Waals surface area contributed by atoms with E-state index in [-0.39, 0.29) is 16.5 Å². The molecule has 6 heteroatoms. The van der Waals surface area contributed by atoms with E-state index in [2.05, 4.69) is 0 Å². The topological polar surface area (TPSA) is 73.3 Å². The average molecular weight is 249 g/mol. The first-order chi connectivity index (χ1) is 8.16. The van der Waals surface area contributed by atoms with Crippen molar-refractivity contribution in [2.45, 2.75) is 0 Å². The predicted molar refractivity (Wildman–Crippen MR) is 63.0 cm³/mol. The second-order valence-corrected chi connectivity index (χ2v) is 4.20. The van der Waals surface area contributed by atoms with E-state index in [1.165, 1.54) is 24.5 Å². The molecule has 0 atom stereocenters. The van der Waals surface area contributed by atoms with Crippen molar-refractivity contribution in [2.24, 2.45) is 0 Å². The van der Waals surface area contributed by atoms with Gasteiger partial charge in [-0.05, 0) is 30.4 Å². The first-order valence-electron chi connectivity index (χ1n) is 4.67. The van der Waals surface area contributed by atoms with E-state index < -0.39 is 4.92 Å². The lowest BCUT2D eigenvalue weighted by Gasteiger charge is -1.86. The molecule has 0 radical (unpaired) electrons. The lowest BCUT2D eigenvalue weighted by atomic mass is 10.2. The van der Waals surface area contributed by atoms with Gasteiger partial charge in [-0.1, -0.05) is 11.3 Å². The SMILES string of the molecule is O=C(C=Cc1ccc([N+](=O)[O-])s1)c1ccco1. The van der Waals surface area contributed by atoms with Gasteiger partial charge in [-0.2, -0.15) is 0 Å². The van der Waals surface area contributed by atoms with Crippen molar-refractivity contribution in [3.63, 3.8) is 0 Å². The fraction of sp³-hybridized carbons (Fsp3) is 0. The Labute approximate surface area is 100 Å². The van der Waals surface area contributed by atoms with Crippen molar-refractivity contribution < 1.29 is 14.1 Å². The standard InChI is InChI=1S/C11H7NO4S/c13-9(10-2-1-7-16-10)5-3-8-4-6-11(17-8)12(14)15/h1-7H. The maximum Gasteiger partial charge on any atom is 0.324 e. The quantitative estimate of drug-likeness (QED) is 0.361. The highest BCUT2D eigenvalue weighted by Gasteiger charge is 2.08. The highest BCUT2D eigenvalue weighted by Crippen LogP contribution is 2.24. The van der Waals surface area contributed by atoms with E-state index in [1.807, 2.05) is 0 Å². The van der Waals surface area contributed by atoms with Crippen molar-refractivity contribution >= 4 is 28.2 Å². The molecule has 0 bridgehead atoms. The fourth-order valence-corrected chi connectivity index (χ4v) is 1.91. The van der Waals surface area contributed by atoms with Crippen molar-refractivity contribution in [2.75, 3.05) is 0 Å². The fourth-order valence-electron chi connectivity index (χ4n) is 1.19. The van der Waals surface area contributed by atoms with Crippen LogP contribution in [-0.2, 0) is 0 Å². The number of carbonyl (C=O) groups is 1. The van der Waals surface area contributed by atoms with Crippen LogP contribution in [0.25, 0.3) is 6.08 Å². The highest BCUT2D eigenvalue weighted by molar-refractivity contribution is 7.16. The number of ketones is 1. The molecule has 0 aliphatic heterocycles. The molecule has 0 aliphatic carbocycles. The van der Waals surface area contributed by atoms with E-state index in [0.29, 0.717) is 4.88 Å². The van der Waals surface area contributed by atoms with Crippen LogP contribution in [0, 0.1) is 10.1 Å². The maximum atomic E-state index is 11.5. The molecule has 0 aliphatic rings. The van der Waals surface area contributed by atoms with Crippen molar-refractivity contribution in [1.82, 2.24) is 0 Å². The average Bonchev–Trinajstić information content (AvgIpc) is 2.97. The van der Waals surface area contributed by atoms with Gasteiger partial charge < -0.3 is 4.42 Å². The molecule has 86 valence electrons. The van der Waals surface area contributed by atoms with Gasteiger partial charge in [0.15, 0.2) is 5.76 Å². The monoisotopic (exact) mass is 249 g/mol. The number of carbonyl (C=O) groups excluding carboxylic acids is 1. The Morgan fingerprint density at radius 2 is 2.24 bits per heavy atom. The zero-order chi connectivity index (χ0) is 12.3. The summed E-state index contributed by atoms with van der Waals surface area (Å²) in [5.41, 5.74) is 0. The molecule has 0 spiro atoms. The highest BCUT2D eigenvalue weighted by atomic mass is 32.1. The molecule has 2 aromatic heterocycles. The molecule has 2 rings (SSSR count). The van der Waals surface area contributed by atoms with Crippen LogP contribution in [0.4, 0.5) is 5.00 Å². The predicted octanol–water partition coefficient (Wildman–Crippen LogP) is 3.15. The minimum absolute atomic E-state index is 0.0510. The van der Waals surface area contributed by atoms with Gasteiger partial charge in [0.1, 0.15) is 0 Å². The summed E-state index contributed by atoms with van der Waals surface area (Å²) in [5, 5.41) is 10.5. The minimum Gasteiger partial charge on any atom is -0.461 e. The summed E-state index contributed by atoms with van der Waals surface area (Å²) in [4.78, 5) is 22.1. The molecule has 0 saturated carbocycles. The maximum absolute atomic E-state index is 11.5. The van der Waals surface area contributed by atoms with Crippen LogP contribution < -0.4 is 0 Å². The van der Waals surface area contributed by atoms with Gasteiger partial charge in [0.2, 0.25) is 5.78 Å². The third-order valence-corrected chi connectivity index (χ3v) is 2.96. The Balaban J connectivity index is 2.10. The molecular formula is C11H7NO4S. The van der Waals surface area contributed by atoms with Crippen molar-refractivity contribution in [1.29, 1.82) is 0 Å². The Kier molecular flexibility index (Phi) is 3.15. The van der Waals surface area contributed by atoms with Gasteiger partial charge in [0.05, 0.1) is 11.2 Å². The third kappa shape index (κ3) is 2.67. The Morgan fingerprint density at radius 3 is 2.82 bits per heavy atom. The number of nitro groups is 1. The van der Waals surface area contributed by atoms with E-state index in [1.54, 1.807) is 18.2 Å². The van der Waals surface area contributed by atoms with Crippen molar-refractivity contribution in [3.05, 3.63) is 57.4 Å². The van der Waals surface area contributed by atoms with E-state index >= 15 is 0 Å². The minimum atomic E-state index is -0.462. The summed E-state index contributed by atoms with van der Waals surface area (Å²) in [7, 11) is 0. The summed E-state index contributed by atoms with van der Waals surface area (Å²) in [6.45, 7) is 0. The largest absolute Gasteiger partial charge is 0.461 e. The second-order valence-electron chi connectivity index (χ2n) is 3.11. The van der Waals surface area contributed by atoms with Gasteiger partial charge in [-0.15, -0.1) is 0 Å². The number of rotatable bonds is 4. The summed E-state index contributed by atoms with van der Waals surface area (Å²) < 4.78 is 4.92. The molecule has 2 aromatic rings. The van der Waals surface area contributed by atoms with E-state index in [9.17, 15) is 14.9 Å². The van der Waals surface area contributed by atoms with Crippen LogP contribution in [0.3, 0.4) is 0 Å². The Morgan fingerprint density at radius 1 is 1.41 bits per heavy atom. The van der Waals surface area contributed by atoms with Gasteiger partial charge >= 0.3 is 5.00 Å². The summed E-state index contributed by atoms with van der Waals surface area (Å²) in [6, 6.07) is 6.18. The Bertz CT molecular complexity index is 568. The van der Waals surface area contributed by atoms with Gasteiger partial charge in [0.25, 0.3) is 0 Å². The molecule has 5 nitrogen and oxygen atoms in total.